The van der Waals surface area contributed by atoms with Gasteiger partial charge in [-0.3, -0.25) is 4.79 Å². The molecule has 22 heavy (non-hydrogen) atoms. The van der Waals surface area contributed by atoms with Gasteiger partial charge in [0.2, 0.25) is 0 Å². The molecule has 0 N–H and O–H groups in total. The maximum Gasteiger partial charge on any atom is 0.178 e. The number of halogens is 1. The summed E-state index contributed by atoms with van der Waals surface area (Å²) in [5, 5.41) is 0. The van der Waals surface area contributed by atoms with Gasteiger partial charge in [0.05, 0.1) is 0 Å². The SMILES string of the molecule is CC1=CCCC(C)(C)C1/C=C/C(=O)/C=C/c1cccc(Br)c1. The Balaban J connectivity index is 2.05. The van der Waals surface area contributed by atoms with Crippen LogP contribution in [0.1, 0.15) is 39.2 Å². The maximum absolute atomic E-state index is 12.1. The average molecular weight is 359 g/mol. The standard InChI is InChI=1S/C20H23BrO/c1-15-6-5-13-20(2,3)19(15)12-11-18(22)10-9-16-7-4-8-17(21)14-16/h4,6-12,14,19H,5,13H2,1-3H3/b10-9+,12-11+. The number of ketones is 1. The van der Waals surface area contributed by atoms with Crippen molar-refractivity contribution in [3.05, 3.63) is 64.2 Å². The molecule has 2 rings (SSSR count). The van der Waals surface area contributed by atoms with Gasteiger partial charge in [-0.2, -0.15) is 0 Å². The quantitative estimate of drug-likeness (QED) is 0.478. The predicted molar refractivity (Wildman–Crippen MR) is 97.6 cm³/mol. The molecule has 1 unspecified atom stereocenters. The van der Waals surface area contributed by atoms with Crippen LogP contribution in [0.25, 0.3) is 6.08 Å². The summed E-state index contributed by atoms with van der Waals surface area (Å²) in [6.07, 6.45) is 11.9. The molecule has 0 spiro atoms. The zero-order valence-electron chi connectivity index (χ0n) is 13.5. The van der Waals surface area contributed by atoms with Crippen LogP contribution in [0.4, 0.5) is 0 Å². The van der Waals surface area contributed by atoms with Gasteiger partial charge in [-0.25, -0.2) is 0 Å². The molecule has 0 fully saturated rings. The van der Waals surface area contributed by atoms with E-state index in [0.29, 0.717) is 5.92 Å². The minimum absolute atomic E-state index is 0.0362. The maximum atomic E-state index is 12.1. The summed E-state index contributed by atoms with van der Waals surface area (Å²) >= 11 is 3.43. The van der Waals surface area contributed by atoms with Crippen molar-refractivity contribution < 1.29 is 4.79 Å². The van der Waals surface area contributed by atoms with Gasteiger partial charge in [-0.15, -0.1) is 0 Å². The van der Waals surface area contributed by atoms with E-state index in [2.05, 4.69) is 48.9 Å². The van der Waals surface area contributed by atoms with Crippen molar-refractivity contribution in [3.8, 4) is 0 Å². The molecular formula is C20H23BrO. The molecule has 1 aromatic rings. The molecule has 1 aliphatic rings. The van der Waals surface area contributed by atoms with E-state index in [9.17, 15) is 4.79 Å². The summed E-state index contributed by atoms with van der Waals surface area (Å²) in [7, 11) is 0. The van der Waals surface area contributed by atoms with Crippen molar-refractivity contribution in [3.63, 3.8) is 0 Å². The first-order valence-corrected chi connectivity index (χ1v) is 8.50. The predicted octanol–water partition coefficient (Wildman–Crippen LogP) is 5.97. The van der Waals surface area contributed by atoms with E-state index in [1.54, 1.807) is 12.2 Å². The Morgan fingerprint density at radius 3 is 2.77 bits per heavy atom. The Labute approximate surface area is 141 Å². The molecule has 0 saturated heterocycles. The Hall–Kier alpha value is -1.41. The highest BCUT2D eigenvalue weighted by atomic mass is 79.9. The summed E-state index contributed by atoms with van der Waals surface area (Å²) in [6, 6.07) is 7.90. The van der Waals surface area contributed by atoms with Gasteiger partial charge in [0.25, 0.3) is 0 Å². The monoisotopic (exact) mass is 358 g/mol. The minimum Gasteiger partial charge on any atom is -0.290 e. The molecule has 1 nitrogen and oxygen atoms in total. The Morgan fingerprint density at radius 2 is 2.09 bits per heavy atom. The fraction of sp³-hybridized carbons (Fsp3) is 0.350. The summed E-state index contributed by atoms with van der Waals surface area (Å²) in [5.74, 6) is 0.388. The van der Waals surface area contributed by atoms with E-state index < -0.39 is 0 Å². The smallest absolute Gasteiger partial charge is 0.178 e. The van der Waals surface area contributed by atoms with Crippen molar-refractivity contribution in [2.24, 2.45) is 11.3 Å². The van der Waals surface area contributed by atoms with Crippen LogP contribution in [0, 0.1) is 11.3 Å². The van der Waals surface area contributed by atoms with Gasteiger partial charge < -0.3 is 0 Å². The number of hydrogen-bond acceptors (Lipinski definition) is 1. The summed E-state index contributed by atoms with van der Waals surface area (Å²) in [4.78, 5) is 12.1. The Morgan fingerprint density at radius 1 is 1.32 bits per heavy atom. The van der Waals surface area contributed by atoms with Crippen LogP contribution in [-0.2, 0) is 4.79 Å². The lowest BCUT2D eigenvalue weighted by Gasteiger charge is -2.36. The number of carbonyl (C=O) groups is 1. The molecule has 0 aromatic heterocycles. The number of allylic oxidation sites excluding steroid dienone is 5. The number of carbonyl (C=O) groups excluding carboxylic acids is 1. The van der Waals surface area contributed by atoms with E-state index in [-0.39, 0.29) is 11.2 Å². The first-order valence-electron chi connectivity index (χ1n) is 7.71. The van der Waals surface area contributed by atoms with E-state index in [1.807, 2.05) is 30.3 Å². The molecule has 1 aromatic carbocycles. The Bertz CT molecular complexity index is 635. The minimum atomic E-state index is 0.0362. The third-order valence-electron chi connectivity index (χ3n) is 4.33. The molecule has 2 heteroatoms. The molecule has 0 heterocycles. The second-order valence-corrected chi connectivity index (χ2v) is 7.52. The first-order chi connectivity index (χ1) is 10.4. The van der Waals surface area contributed by atoms with Crippen LogP contribution in [-0.4, -0.2) is 5.78 Å². The van der Waals surface area contributed by atoms with Gasteiger partial charge in [0.1, 0.15) is 0 Å². The largest absolute Gasteiger partial charge is 0.290 e. The lowest BCUT2D eigenvalue weighted by Crippen LogP contribution is -2.26. The van der Waals surface area contributed by atoms with E-state index in [4.69, 9.17) is 0 Å². The van der Waals surface area contributed by atoms with Crippen LogP contribution in [0.15, 0.2) is 58.6 Å². The van der Waals surface area contributed by atoms with Crippen molar-refractivity contribution >= 4 is 27.8 Å². The van der Waals surface area contributed by atoms with Crippen molar-refractivity contribution in [1.29, 1.82) is 0 Å². The highest BCUT2D eigenvalue weighted by Crippen LogP contribution is 2.41. The highest BCUT2D eigenvalue weighted by Gasteiger charge is 2.30. The molecular weight excluding hydrogens is 336 g/mol. The molecule has 0 amide bonds. The average Bonchev–Trinajstić information content (AvgIpc) is 2.44. The zero-order valence-corrected chi connectivity index (χ0v) is 15.1. The molecule has 0 bridgehead atoms. The van der Waals surface area contributed by atoms with E-state index in [1.165, 1.54) is 12.0 Å². The highest BCUT2D eigenvalue weighted by molar-refractivity contribution is 9.10. The summed E-state index contributed by atoms with van der Waals surface area (Å²) < 4.78 is 1.02. The van der Waals surface area contributed by atoms with Crippen LogP contribution in [0.5, 0.6) is 0 Å². The summed E-state index contributed by atoms with van der Waals surface area (Å²) in [6.45, 7) is 6.72. The topological polar surface area (TPSA) is 17.1 Å². The molecule has 0 aliphatic heterocycles. The van der Waals surface area contributed by atoms with Gasteiger partial charge in [-0.1, -0.05) is 65.7 Å². The fourth-order valence-electron chi connectivity index (χ4n) is 3.02. The zero-order chi connectivity index (χ0) is 16.2. The second kappa shape index (κ2) is 7.23. The van der Waals surface area contributed by atoms with Gasteiger partial charge in [0, 0.05) is 10.4 Å². The normalized spacial score (nSPS) is 21.3. The van der Waals surface area contributed by atoms with Crippen molar-refractivity contribution in [1.82, 2.24) is 0 Å². The lowest BCUT2D eigenvalue weighted by molar-refractivity contribution is -0.110. The van der Waals surface area contributed by atoms with E-state index in [0.717, 1.165) is 16.5 Å². The summed E-state index contributed by atoms with van der Waals surface area (Å²) in [5.41, 5.74) is 2.62. The molecule has 0 saturated carbocycles. The molecule has 1 aliphatic carbocycles. The van der Waals surface area contributed by atoms with E-state index >= 15 is 0 Å². The van der Waals surface area contributed by atoms with Gasteiger partial charge >= 0.3 is 0 Å². The molecule has 116 valence electrons. The fourth-order valence-corrected chi connectivity index (χ4v) is 3.44. The number of rotatable bonds is 4. The van der Waals surface area contributed by atoms with Crippen LogP contribution in [0.3, 0.4) is 0 Å². The number of hydrogen-bond donors (Lipinski definition) is 0. The van der Waals surface area contributed by atoms with Crippen molar-refractivity contribution in [2.75, 3.05) is 0 Å². The molecule has 0 radical (unpaired) electrons. The van der Waals surface area contributed by atoms with Crippen LogP contribution >= 0.6 is 15.9 Å². The lowest BCUT2D eigenvalue weighted by atomic mass is 9.68. The van der Waals surface area contributed by atoms with Gasteiger partial charge in [-0.05, 0) is 55.0 Å². The van der Waals surface area contributed by atoms with Crippen LogP contribution in [0.2, 0.25) is 0 Å². The second-order valence-electron chi connectivity index (χ2n) is 6.60. The first kappa shape index (κ1) is 17.0. The van der Waals surface area contributed by atoms with Gasteiger partial charge in [0.15, 0.2) is 5.78 Å². The van der Waals surface area contributed by atoms with Crippen molar-refractivity contribution in [2.45, 2.75) is 33.6 Å². The third kappa shape index (κ3) is 4.54. The van der Waals surface area contributed by atoms with Crippen LogP contribution < -0.4 is 0 Å². The molecule has 1 atom stereocenters. The third-order valence-corrected chi connectivity index (χ3v) is 4.82. The Kier molecular flexibility index (Phi) is 5.57. The number of benzene rings is 1.